The Kier molecular flexibility index (Phi) is 5.98. The van der Waals surface area contributed by atoms with Crippen LogP contribution in [0.15, 0.2) is 12.1 Å². The molecule has 2 aromatic rings. The smallest absolute Gasteiger partial charge is 0.339 e. The summed E-state index contributed by atoms with van der Waals surface area (Å²) in [6, 6.07) is 3.78. The number of quaternary nitrogens is 1. The van der Waals surface area contributed by atoms with Crippen LogP contribution in [0.2, 0.25) is 0 Å². The van der Waals surface area contributed by atoms with Gasteiger partial charge in [0.25, 0.3) is 0 Å². The zero-order chi connectivity index (χ0) is 21.3. The van der Waals surface area contributed by atoms with Crippen LogP contribution in [0.3, 0.4) is 0 Å². The fourth-order valence-corrected chi connectivity index (χ4v) is 4.16. The van der Waals surface area contributed by atoms with Crippen molar-refractivity contribution < 1.29 is 28.7 Å². The maximum atomic E-state index is 13.2. The third-order valence-electron chi connectivity index (χ3n) is 5.92. The third kappa shape index (κ3) is 3.74. The molecular formula is C22H29N2O5+. The van der Waals surface area contributed by atoms with Crippen LogP contribution in [0.25, 0.3) is 0 Å². The Bertz CT molecular complexity index is 947. The van der Waals surface area contributed by atoms with Crippen LogP contribution in [-0.4, -0.2) is 50.7 Å². The Hall–Kier alpha value is -2.80. The van der Waals surface area contributed by atoms with Gasteiger partial charge in [0, 0.05) is 17.7 Å². The number of carbonyl (C=O) groups excluding carboxylic acids is 2. The summed E-state index contributed by atoms with van der Waals surface area (Å²) in [4.78, 5) is 29.5. The molecule has 29 heavy (non-hydrogen) atoms. The standard InChI is InChI=1S/C22H28N2O5/c1-12-19(22(26)29-6)13(2)23-20(12)21(25)14(3)24-8-7-15-9-17(27-4)18(28-5)10-16(15)11-24/h9-10,14,23H,7-8,11H2,1-6H3/p+1/t14-/m0/s1. The summed E-state index contributed by atoms with van der Waals surface area (Å²) in [7, 11) is 4.60. The van der Waals surface area contributed by atoms with Gasteiger partial charge in [-0.3, -0.25) is 4.79 Å². The molecule has 0 bridgehead atoms. The summed E-state index contributed by atoms with van der Waals surface area (Å²) in [5.74, 6) is 1.000. The van der Waals surface area contributed by atoms with E-state index in [0.717, 1.165) is 30.8 Å². The molecule has 7 nitrogen and oxygen atoms in total. The van der Waals surface area contributed by atoms with Crippen molar-refractivity contribution in [2.24, 2.45) is 0 Å². The number of benzene rings is 1. The lowest BCUT2D eigenvalue weighted by Crippen LogP contribution is -3.16. The van der Waals surface area contributed by atoms with E-state index in [4.69, 9.17) is 14.2 Å². The van der Waals surface area contributed by atoms with Crippen LogP contribution in [0.4, 0.5) is 0 Å². The predicted octanol–water partition coefficient (Wildman–Crippen LogP) is 1.65. The highest BCUT2D eigenvalue weighted by Crippen LogP contribution is 2.31. The maximum absolute atomic E-state index is 13.2. The Balaban J connectivity index is 1.84. The molecule has 2 N–H and O–H groups in total. The fourth-order valence-electron chi connectivity index (χ4n) is 4.16. The van der Waals surface area contributed by atoms with E-state index >= 15 is 0 Å². The minimum Gasteiger partial charge on any atom is -0.493 e. The number of nitrogens with one attached hydrogen (secondary N) is 2. The van der Waals surface area contributed by atoms with Gasteiger partial charge in [-0.1, -0.05) is 0 Å². The zero-order valence-electron chi connectivity index (χ0n) is 17.9. The van der Waals surface area contributed by atoms with E-state index in [-0.39, 0.29) is 11.8 Å². The predicted molar refractivity (Wildman–Crippen MR) is 108 cm³/mol. The topological polar surface area (TPSA) is 82.1 Å². The number of carbonyl (C=O) groups is 2. The van der Waals surface area contributed by atoms with E-state index in [2.05, 4.69) is 4.98 Å². The monoisotopic (exact) mass is 401 g/mol. The molecule has 1 aliphatic heterocycles. The molecule has 7 heteroatoms. The van der Waals surface area contributed by atoms with E-state index in [1.165, 1.54) is 17.6 Å². The van der Waals surface area contributed by atoms with Crippen LogP contribution < -0.4 is 14.4 Å². The number of hydrogen-bond donors (Lipinski definition) is 2. The SMILES string of the molecule is COC(=O)c1c(C)[nH]c(C(=O)[C@H](C)[NH+]2CCc3cc(OC)c(OC)cc3C2)c1C. The molecule has 2 atom stereocenters. The molecule has 2 heterocycles. The summed E-state index contributed by atoms with van der Waals surface area (Å²) in [6.45, 7) is 7.08. The van der Waals surface area contributed by atoms with E-state index in [1.807, 2.05) is 19.1 Å². The number of fused-ring (bicyclic) bond motifs is 1. The van der Waals surface area contributed by atoms with Crippen molar-refractivity contribution in [2.45, 2.75) is 39.8 Å². The number of aromatic nitrogens is 1. The van der Waals surface area contributed by atoms with Crippen LogP contribution in [0.1, 0.15) is 50.2 Å². The minimum absolute atomic E-state index is 0.000297. The number of methoxy groups -OCH3 is 3. The van der Waals surface area contributed by atoms with Crippen LogP contribution in [0.5, 0.6) is 11.5 Å². The first kappa shape index (κ1) is 20.9. The van der Waals surface area contributed by atoms with Gasteiger partial charge in [-0.05, 0) is 44.0 Å². The Morgan fingerprint density at radius 3 is 2.28 bits per heavy atom. The van der Waals surface area contributed by atoms with Crippen molar-refractivity contribution in [3.63, 3.8) is 0 Å². The highest BCUT2D eigenvalue weighted by Gasteiger charge is 2.33. The molecule has 156 valence electrons. The van der Waals surface area contributed by atoms with E-state index in [0.29, 0.717) is 28.3 Å². The normalized spacial score (nSPS) is 16.7. The minimum atomic E-state index is -0.428. The number of rotatable bonds is 6. The second kappa shape index (κ2) is 8.29. The second-order valence-corrected chi connectivity index (χ2v) is 7.51. The molecule has 0 amide bonds. The van der Waals surface area contributed by atoms with Gasteiger partial charge in [-0.2, -0.15) is 0 Å². The van der Waals surface area contributed by atoms with Gasteiger partial charge in [-0.25, -0.2) is 4.79 Å². The highest BCUT2D eigenvalue weighted by atomic mass is 16.5. The number of hydrogen-bond acceptors (Lipinski definition) is 5. The van der Waals surface area contributed by atoms with Gasteiger partial charge < -0.3 is 24.1 Å². The number of H-pyrrole nitrogens is 1. The van der Waals surface area contributed by atoms with Gasteiger partial charge >= 0.3 is 5.97 Å². The van der Waals surface area contributed by atoms with Crippen molar-refractivity contribution in [1.82, 2.24) is 4.98 Å². The Morgan fingerprint density at radius 1 is 1.07 bits per heavy atom. The third-order valence-corrected chi connectivity index (χ3v) is 5.92. The number of aromatic amines is 1. The summed E-state index contributed by atoms with van der Waals surface area (Å²) < 4.78 is 15.7. The number of esters is 1. The molecular weight excluding hydrogens is 372 g/mol. The molecule has 3 rings (SSSR count). The lowest BCUT2D eigenvalue weighted by molar-refractivity contribution is -0.929. The molecule has 1 unspecified atom stereocenters. The molecule has 1 aliphatic rings. The van der Waals surface area contributed by atoms with E-state index in [9.17, 15) is 9.59 Å². The average molecular weight is 401 g/mol. The lowest BCUT2D eigenvalue weighted by atomic mass is 9.96. The second-order valence-electron chi connectivity index (χ2n) is 7.51. The Morgan fingerprint density at radius 2 is 1.69 bits per heavy atom. The first-order valence-corrected chi connectivity index (χ1v) is 9.72. The maximum Gasteiger partial charge on any atom is 0.339 e. The quantitative estimate of drug-likeness (QED) is 0.568. The van der Waals surface area contributed by atoms with Crippen molar-refractivity contribution in [1.29, 1.82) is 0 Å². The van der Waals surface area contributed by atoms with Crippen LogP contribution >= 0.6 is 0 Å². The van der Waals surface area contributed by atoms with E-state index < -0.39 is 5.97 Å². The lowest BCUT2D eigenvalue weighted by Gasteiger charge is -2.30. The molecule has 1 aromatic heterocycles. The van der Waals surface area contributed by atoms with Crippen LogP contribution in [-0.2, 0) is 17.7 Å². The molecule has 1 aromatic carbocycles. The molecule has 0 saturated carbocycles. The van der Waals surface area contributed by atoms with Crippen molar-refractivity contribution >= 4 is 11.8 Å². The average Bonchev–Trinajstić information content (AvgIpc) is 3.04. The number of ketones is 1. The summed E-state index contributed by atoms with van der Waals surface area (Å²) in [5.41, 5.74) is 4.62. The number of Topliss-reactive ketones (excluding diaryl/α,β-unsaturated/α-hetero) is 1. The fraction of sp³-hybridized carbons (Fsp3) is 0.455. The van der Waals surface area contributed by atoms with Gasteiger partial charge in [0.2, 0.25) is 5.78 Å². The molecule has 0 aliphatic carbocycles. The number of ether oxygens (including phenoxy) is 3. The summed E-state index contributed by atoms with van der Waals surface area (Å²) in [6.07, 6.45) is 0.860. The summed E-state index contributed by atoms with van der Waals surface area (Å²) >= 11 is 0. The van der Waals surface area contributed by atoms with Gasteiger partial charge in [-0.15, -0.1) is 0 Å². The van der Waals surface area contributed by atoms with Crippen molar-refractivity contribution in [3.8, 4) is 11.5 Å². The van der Waals surface area contributed by atoms with Crippen LogP contribution in [0, 0.1) is 13.8 Å². The van der Waals surface area contributed by atoms with Gasteiger partial charge in [0.15, 0.2) is 17.5 Å². The van der Waals surface area contributed by atoms with Gasteiger partial charge in [0.05, 0.1) is 39.1 Å². The first-order valence-electron chi connectivity index (χ1n) is 9.72. The largest absolute Gasteiger partial charge is 0.493 e. The molecule has 0 saturated heterocycles. The highest BCUT2D eigenvalue weighted by molar-refractivity contribution is 6.03. The molecule has 0 spiro atoms. The molecule has 0 radical (unpaired) electrons. The van der Waals surface area contributed by atoms with E-state index in [1.54, 1.807) is 28.1 Å². The zero-order valence-corrected chi connectivity index (χ0v) is 17.9. The first-order chi connectivity index (χ1) is 13.8. The Labute approximate surface area is 170 Å². The summed E-state index contributed by atoms with van der Waals surface area (Å²) in [5, 5.41) is 0. The van der Waals surface area contributed by atoms with Crippen molar-refractivity contribution in [2.75, 3.05) is 27.9 Å². The number of aryl methyl sites for hydroxylation is 1. The molecule has 0 fully saturated rings. The van der Waals surface area contributed by atoms with Crippen molar-refractivity contribution in [3.05, 3.63) is 45.8 Å². The van der Waals surface area contributed by atoms with Gasteiger partial charge in [0.1, 0.15) is 6.54 Å².